The van der Waals surface area contributed by atoms with E-state index in [2.05, 4.69) is 95.0 Å². The van der Waals surface area contributed by atoms with Crippen molar-refractivity contribution in [2.45, 2.75) is 281 Å². The van der Waals surface area contributed by atoms with E-state index in [0.29, 0.717) is 25.8 Å². The number of rotatable bonds is 61. The minimum absolute atomic E-state index is 0.0156. The highest BCUT2D eigenvalue weighted by molar-refractivity contribution is 6.02. The van der Waals surface area contributed by atoms with Gasteiger partial charge in [0.1, 0.15) is 96.7 Å². The van der Waals surface area contributed by atoms with E-state index in [4.69, 9.17) is 22.9 Å². The molecule has 18 atom stereocenters. The summed E-state index contributed by atoms with van der Waals surface area (Å²) in [6, 6.07) is -27.6. The Morgan fingerprint density at radius 2 is 0.794 bits per heavy atom. The van der Waals surface area contributed by atoms with Crippen LogP contribution in [-0.4, -0.2) is 329 Å². The van der Waals surface area contributed by atoms with E-state index in [1.54, 1.807) is 0 Å². The number of primary amides is 1. The Morgan fingerprint density at radius 1 is 0.420 bits per heavy atom. The number of aliphatic hydroxyl groups is 3. The fraction of sp³-hybridized carbons (Fsp3) is 0.684. The van der Waals surface area contributed by atoms with Gasteiger partial charge in [-0.25, -0.2) is 9.78 Å². The molecule has 2 heterocycles. The Morgan fingerprint density at radius 3 is 1.21 bits per heavy atom. The number of imidazole rings is 1. The van der Waals surface area contributed by atoms with Crippen LogP contribution in [0.1, 0.15) is 172 Å². The molecule has 0 radical (unpaired) electrons. The maximum atomic E-state index is 14.2. The maximum Gasteiger partial charge on any atom is 0.326 e. The van der Waals surface area contributed by atoms with E-state index in [1.165, 1.54) is 67.9 Å². The summed E-state index contributed by atoms with van der Waals surface area (Å²) < 4.78 is 0. The minimum atomic E-state index is -1.95. The summed E-state index contributed by atoms with van der Waals surface area (Å²) in [4.78, 5) is 301. The number of carbonyl (C=O) groups is 22. The lowest BCUT2D eigenvalue weighted by Crippen LogP contribution is -2.63. The number of aromatic amines is 1. The number of nitrogens with two attached hydrogens (primary N) is 4. The first-order chi connectivity index (χ1) is 61.3. The molecule has 32 N–H and O–H groups in total. The monoisotopic (exact) mass is 1870 g/mol. The van der Waals surface area contributed by atoms with Gasteiger partial charge in [0.05, 0.1) is 51.1 Å². The number of amides is 18. The molecule has 52 nitrogen and oxygen atoms in total. The van der Waals surface area contributed by atoms with Crippen molar-refractivity contribution in [3.8, 4) is 0 Å². The quantitative estimate of drug-likeness (QED) is 0.0269. The topological polar surface area (TPSA) is 846 Å². The molecule has 0 aromatic carbocycles. The molecule has 1 aromatic rings. The third-order valence-electron chi connectivity index (χ3n) is 20.6. The second kappa shape index (κ2) is 57.4. The van der Waals surface area contributed by atoms with Gasteiger partial charge in [-0.15, -0.1) is 0 Å². The van der Waals surface area contributed by atoms with Crippen LogP contribution in [0, 0.1) is 23.7 Å². The summed E-state index contributed by atoms with van der Waals surface area (Å²) in [6.07, 6.45) is -2.09. The van der Waals surface area contributed by atoms with Crippen LogP contribution in [0.2, 0.25) is 0 Å². The van der Waals surface area contributed by atoms with Gasteiger partial charge < -0.3 is 154 Å². The third-order valence-corrected chi connectivity index (χ3v) is 20.6. The molecule has 2 rings (SSSR count). The van der Waals surface area contributed by atoms with Crippen molar-refractivity contribution in [2.75, 3.05) is 39.4 Å². The fourth-order valence-electron chi connectivity index (χ4n) is 12.9. The van der Waals surface area contributed by atoms with Crippen molar-refractivity contribution in [1.82, 2.24) is 99.9 Å². The normalized spacial score (nSPS) is 16.3. The van der Waals surface area contributed by atoms with Crippen molar-refractivity contribution in [2.24, 2.45) is 46.6 Å². The molecule has 1 saturated heterocycles. The van der Waals surface area contributed by atoms with Gasteiger partial charge >= 0.3 is 23.9 Å². The lowest BCUT2D eigenvalue weighted by Gasteiger charge is -2.29. The zero-order chi connectivity index (χ0) is 99.5. The first-order valence-electron chi connectivity index (χ1n) is 42.7. The smallest absolute Gasteiger partial charge is 0.326 e. The van der Waals surface area contributed by atoms with E-state index in [9.17, 15) is 141 Å². The predicted molar refractivity (Wildman–Crippen MR) is 457 cm³/mol. The van der Waals surface area contributed by atoms with Crippen LogP contribution in [0.15, 0.2) is 12.5 Å². The molecule has 52 heteroatoms. The first-order valence-corrected chi connectivity index (χ1v) is 42.7. The highest BCUT2D eigenvalue weighted by atomic mass is 16.4. The summed E-state index contributed by atoms with van der Waals surface area (Å²) >= 11 is 0. The van der Waals surface area contributed by atoms with Crippen molar-refractivity contribution in [3.05, 3.63) is 18.2 Å². The summed E-state index contributed by atoms with van der Waals surface area (Å²) in [5.41, 5.74) is 22.6. The fourth-order valence-corrected chi connectivity index (χ4v) is 12.9. The van der Waals surface area contributed by atoms with Crippen LogP contribution in [0.4, 0.5) is 0 Å². The number of nitrogens with one attached hydrogen (secondary N) is 17. The molecular weight excluding hydrogens is 1740 g/mol. The van der Waals surface area contributed by atoms with Gasteiger partial charge in [-0.05, 0) is 115 Å². The lowest BCUT2D eigenvalue weighted by molar-refractivity contribution is -0.144. The Labute approximate surface area is 754 Å². The Balaban J connectivity index is 2.24. The molecule has 0 saturated carbocycles. The number of hydrogen-bond acceptors (Lipinski definition) is 29. The van der Waals surface area contributed by atoms with Crippen LogP contribution in [-0.2, 0) is 112 Å². The standard InChI is InChI=1S/C79H131N23O29/c1-35(2)58(97-67(118)45(20-22-55(108)109)89-63(114)39(9)87-76(127)60(37(5)6)99-70(121)48(29-57(112)113)92-64(115)40(10)88-75(126)59(36(3)4)98-68(119)46(21-23-56(110)111)90-65(116)43(82)17-12-14-24-80)74(125)85-31-54(107)102-26-16-19-52(102)73(124)91-44(18-13-15-25-81)66(117)95-50(32-103)71(122)96-51(33-104)72(123)100-61(38(7)8)77(128)101-62(41(11)105)78(129)93-47(27-42-30-84-34-86-42)69(120)94-49(79(130)131)28-53(83)106/h30,34-41,43-52,58-62,103-105H,12-29,31-33,80-82H2,1-11H3,(H2,83,106)(H,84,86)(H,85,125)(H,87,127)(H,88,126)(H,89,114)(H,90,116)(H,91,124)(H,92,115)(H,93,129)(H,94,120)(H,95,117)(H,96,122)(H,97,118)(H,98,119)(H,99,121)(H,100,123)(H,101,128)(H,108,109)(H,110,111)(H,112,113)(H,130,131)/t39-,40-,41+,43-,44-,45-,46-,47-,48-,49-,50-,51-,52-,58-,59-,60-,61-,62-/m0/s1. The molecule has 0 unspecified atom stereocenters. The average molecular weight is 1870 g/mol. The van der Waals surface area contributed by atoms with E-state index >= 15 is 0 Å². The molecule has 0 spiro atoms. The van der Waals surface area contributed by atoms with Gasteiger partial charge in [0.25, 0.3) is 0 Å². The van der Waals surface area contributed by atoms with Crippen LogP contribution in [0.25, 0.3) is 0 Å². The first kappa shape index (κ1) is 114. The molecule has 736 valence electrons. The molecule has 18 amide bonds. The predicted octanol–water partition coefficient (Wildman–Crippen LogP) is -10.9. The minimum Gasteiger partial charge on any atom is -0.481 e. The number of H-pyrrole nitrogens is 1. The van der Waals surface area contributed by atoms with E-state index < -0.39 is 321 Å². The second-order valence-electron chi connectivity index (χ2n) is 32.9. The van der Waals surface area contributed by atoms with Gasteiger partial charge in [-0.1, -0.05) is 61.8 Å². The number of aliphatic hydroxyl groups excluding tert-OH is 3. The zero-order valence-corrected chi connectivity index (χ0v) is 75.0. The lowest BCUT2D eigenvalue weighted by atomic mass is 10.0. The number of nitrogens with zero attached hydrogens (tertiary/aromatic N) is 2. The zero-order valence-electron chi connectivity index (χ0n) is 75.0. The molecule has 1 fully saturated rings. The van der Waals surface area contributed by atoms with Crippen LogP contribution in [0.5, 0.6) is 0 Å². The van der Waals surface area contributed by atoms with E-state index in [1.807, 2.05) is 0 Å². The maximum absolute atomic E-state index is 14.2. The molecule has 1 aliphatic rings. The summed E-state index contributed by atoms with van der Waals surface area (Å²) in [7, 11) is 0. The summed E-state index contributed by atoms with van der Waals surface area (Å²) in [6.45, 7) is 12.3. The Hall–Kier alpha value is -12.7. The number of unbranched alkanes of at least 4 members (excludes halogenated alkanes) is 2. The number of aromatic nitrogens is 2. The Kier molecular flexibility index (Phi) is 50.1. The van der Waals surface area contributed by atoms with Crippen molar-refractivity contribution >= 4 is 130 Å². The van der Waals surface area contributed by atoms with E-state index in [0.717, 1.165) is 25.7 Å². The van der Waals surface area contributed by atoms with Crippen molar-refractivity contribution < 1.29 is 141 Å². The average Bonchev–Trinajstić information content (AvgIpc) is 1.73. The van der Waals surface area contributed by atoms with Crippen LogP contribution < -0.4 is 108 Å². The summed E-state index contributed by atoms with van der Waals surface area (Å²) in [5.74, 6) is -28.5. The third kappa shape index (κ3) is 40.1. The van der Waals surface area contributed by atoms with Gasteiger partial charge in [-0.2, -0.15) is 0 Å². The molecule has 0 aliphatic carbocycles. The highest BCUT2D eigenvalue weighted by Crippen LogP contribution is 2.20. The molecule has 1 aromatic heterocycles. The van der Waals surface area contributed by atoms with Crippen LogP contribution >= 0.6 is 0 Å². The number of aliphatic carboxylic acids is 4. The number of carboxylic acid groups (broad SMARTS) is 4. The second-order valence-corrected chi connectivity index (χ2v) is 32.9. The molecule has 1 aliphatic heterocycles. The van der Waals surface area contributed by atoms with Crippen molar-refractivity contribution in [3.63, 3.8) is 0 Å². The van der Waals surface area contributed by atoms with Gasteiger partial charge in [0.15, 0.2) is 0 Å². The number of carboxylic acids is 4. The molecule has 131 heavy (non-hydrogen) atoms. The van der Waals surface area contributed by atoms with Gasteiger partial charge in [0.2, 0.25) is 106 Å². The number of hydrogen-bond donors (Lipinski definition) is 28. The Bertz CT molecular complexity index is 4120. The molecule has 0 bridgehead atoms. The summed E-state index contributed by atoms with van der Waals surface area (Å²) in [5, 5.41) is 107. The van der Waals surface area contributed by atoms with E-state index in [-0.39, 0.29) is 57.3 Å². The van der Waals surface area contributed by atoms with Crippen LogP contribution in [0.3, 0.4) is 0 Å². The highest BCUT2D eigenvalue weighted by Gasteiger charge is 2.42. The number of carbonyl (C=O) groups excluding carboxylic acids is 18. The number of likely N-dealkylation sites (tertiary alicyclic amines) is 1. The van der Waals surface area contributed by atoms with Gasteiger partial charge in [-0.3, -0.25) is 101 Å². The van der Waals surface area contributed by atoms with Crippen molar-refractivity contribution in [1.29, 1.82) is 0 Å². The largest absolute Gasteiger partial charge is 0.481 e. The molecular formula is C79H131N23O29. The SMILES string of the molecule is CC(C)[C@H](NC(=O)[C@H](CCC(=O)O)NC(=O)[C@H](C)NC(=O)[C@@H](NC(=O)[C@H](CC(=O)O)NC(=O)[C@H](C)NC(=O)[C@@H](NC(=O)[C@H](CCC(=O)O)NC(=O)[C@@H](N)CCCCN)C(C)C)C(C)C)C(=O)NCC(=O)N1CCC[C@H]1C(=O)N[C@@H](CCCCN)C(=O)N[C@@H](CO)C(=O)N[C@@H](CO)C(=O)N[C@H](C(=O)N[C@H](C(=O)N[C@@H](Cc1cnc[nH]1)C(=O)N[C@@H](CC(N)=O)C(=O)O)[C@@H](C)O)C(C)C. The van der Waals surface area contributed by atoms with Gasteiger partial charge in [0, 0.05) is 37.7 Å².